The molecule has 120 valence electrons. The van der Waals surface area contributed by atoms with E-state index >= 15 is 0 Å². The third-order valence-corrected chi connectivity index (χ3v) is 3.91. The van der Waals surface area contributed by atoms with Crippen molar-refractivity contribution in [3.63, 3.8) is 0 Å². The first kappa shape index (κ1) is 19.1. The van der Waals surface area contributed by atoms with Gasteiger partial charge in [-0.1, -0.05) is 59.7 Å². The fourth-order valence-electron chi connectivity index (χ4n) is 1.28. The molecule has 1 aromatic carbocycles. The minimum absolute atomic E-state index is 0.0525. The van der Waals surface area contributed by atoms with Crippen LogP contribution in [-0.2, 0) is 14.3 Å². The molecule has 0 unspecified atom stereocenters. The molecule has 0 N–H and O–H groups in total. The Morgan fingerprint density at radius 2 is 1.59 bits per heavy atom. The van der Waals surface area contributed by atoms with Crippen LogP contribution in [0.1, 0.15) is 19.8 Å². The van der Waals surface area contributed by atoms with Crippen molar-refractivity contribution >= 4 is 58.3 Å². The van der Waals surface area contributed by atoms with Gasteiger partial charge in [-0.25, -0.2) is 9.59 Å². The summed E-state index contributed by atoms with van der Waals surface area (Å²) in [6.07, 6.45) is 3.49. The lowest BCUT2D eigenvalue weighted by Crippen LogP contribution is -2.08. The summed E-state index contributed by atoms with van der Waals surface area (Å²) in [5.74, 6) is -1.68. The number of rotatable bonds is 6. The van der Waals surface area contributed by atoms with Crippen molar-refractivity contribution in [3.8, 4) is 5.75 Å². The molecular formula is C14H12Cl4O4. The average molecular weight is 386 g/mol. The molecule has 0 fully saturated rings. The van der Waals surface area contributed by atoms with Crippen molar-refractivity contribution in [2.24, 2.45) is 0 Å². The Hall–Kier alpha value is -0.940. The zero-order chi connectivity index (χ0) is 16.7. The van der Waals surface area contributed by atoms with Crippen molar-refractivity contribution in [2.75, 3.05) is 6.61 Å². The Kier molecular flexibility index (Phi) is 8.04. The number of carbonyl (C=O) groups is 2. The molecule has 0 aliphatic heterocycles. The molecule has 4 nitrogen and oxygen atoms in total. The van der Waals surface area contributed by atoms with Gasteiger partial charge in [-0.05, 0) is 12.5 Å². The molecule has 0 radical (unpaired) electrons. The molecular weight excluding hydrogens is 374 g/mol. The molecule has 0 bridgehead atoms. The number of benzene rings is 1. The second kappa shape index (κ2) is 9.26. The van der Waals surface area contributed by atoms with Gasteiger partial charge in [0.25, 0.3) is 0 Å². The number of unbranched alkanes of at least 4 members (excludes halogenated alkanes) is 1. The third kappa shape index (κ3) is 5.69. The van der Waals surface area contributed by atoms with Crippen LogP contribution in [0.25, 0.3) is 0 Å². The van der Waals surface area contributed by atoms with Gasteiger partial charge in [-0.3, -0.25) is 0 Å². The summed E-state index contributed by atoms with van der Waals surface area (Å²) >= 11 is 23.4. The van der Waals surface area contributed by atoms with Crippen LogP contribution < -0.4 is 4.74 Å². The predicted molar refractivity (Wildman–Crippen MR) is 87.1 cm³/mol. The molecule has 0 saturated heterocycles. The summed E-state index contributed by atoms with van der Waals surface area (Å²) in [7, 11) is 0. The van der Waals surface area contributed by atoms with Crippen LogP contribution in [0.2, 0.25) is 20.1 Å². The third-order valence-electron chi connectivity index (χ3n) is 2.37. The van der Waals surface area contributed by atoms with Crippen molar-refractivity contribution in [3.05, 3.63) is 38.3 Å². The number of ether oxygens (including phenoxy) is 2. The molecule has 1 aromatic rings. The number of hydrogen-bond acceptors (Lipinski definition) is 4. The second-order valence-electron chi connectivity index (χ2n) is 4.07. The van der Waals surface area contributed by atoms with E-state index in [9.17, 15) is 9.59 Å². The van der Waals surface area contributed by atoms with Gasteiger partial charge in [0.05, 0.1) is 16.7 Å². The number of hydrogen-bond donors (Lipinski definition) is 0. The summed E-state index contributed by atoms with van der Waals surface area (Å²) in [4.78, 5) is 23.0. The molecule has 22 heavy (non-hydrogen) atoms. The lowest BCUT2D eigenvalue weighted by molar-refractivity contribution is -0.138. The van der Waals surface area contributed by atoms with Crippen LogP contribution >= 0.6 is 46.4 Å². The van der Waals surface area contributed by atoms with E-state index in [0.29, 0.717) is 0 Å². The second-order valence-corrected chi connectivity index (χ2v) is 5.64. The summed E-state index contributed by atoms with van der Waals surface area (Å²) < 4.78 is 9.79. The van der Waals surface area contributed by atoms with E-state index in [-0.39, 0.29) is 32.4 Å². The van der Waals surface area contributed by atoms with Gasteiger partial charge in [-0.15, -0.1) is 0 Å². The van der Waals surface area contributed by atoms with Crippen molar-refractivity contribution in [1.29, 1.82) is 0 Å². The highest BCUT2D eigenvalue weighted by Crippen LogP contribution is 2.42. The molecule has 0 aliphatic rings. The normalized spacial score (nSPS) is 10.8. The zero-order valence-electron chi connectivity index (χ0n) is 11.5. The summed E-state index contributed by atoms with van der Waals surface area (Å²) in [6, 6.07) is 1.33. The Bertz CT molecular complexity index is 573. The minimum Gasteiger partial charge on any atom is -0.463 e. The summed E-state index contributed by atoms with van der Waals surface area (Å²) in [6.45, 7) is 2.25. The Balaban J connectivity index is 2.72. The smallest absolute Gasteiger partial charge is 0.336 e. The Morgan fingerprint density at radius 1 is 1.05 bits per heavy atom. The van der Waals surface area contributed by atoms with Crippen LogP contribution in [0, 0.1) is 0 Å². The molecule has 0 saturated carbocycles. The maximum absolute atomic E-state index is 11.7. The van der Waals surface area contributed by atoms with Gasteiger partial charge in [0.15, 0.2) is 5.75 Å². The summed E-state index contributed by atoms with van der Waals surface area (Å²) in [5.41, 5.74) is 0. The summed E-state index contributed by atoms with van der Waals surface area (Å²) in [5, 5.41) is 0.0651. The molecule has 0 heterocycles. The van der Waals surface area contributed by atoms with Crippen LogP contribution in [0.5, 0.6) is 5.75 Å². The Labute approximate surface area is 147 Å². The molecule has 0 spiro atoms. The van der Waals surface area contributed by atoms with Crippen LogP contribution in [0.3, 0.4) is 0 Å². The lowest BCUT2D eigenvalue weighted by Gasteiger charge is -2.09. The van der Waals surface area contributed by atoms with Gasteiger partial charge < -0.3 is 9.47 Å². The highest BCUT2D eigenvalue weighted by atomic mass is 35.5. The molecule has 0 amide bonds. The molecule has 1 rings (SSSR count). The van der Waals surface area contributed by atoms with Crippen LogP contribution in [-0.4, -0.2) is 18.5 Å². The minimum atomic E-state index is -0.866. The average Bonchev–Trinajstić information content (AvgIpc) is 2.48. The lowest BCUT2D eigenvalue weighted by atomic mass is 10.3. The fourth-order valence-corrected chi connectivity index (χ4v) is 2.15. The van der Waals surface area contributed by atoms with Gasteiger partial charge in [0.1, 0.15) is 10.0 Å². The fraction of sp³-hybridized carbons (Fsp3) is 0.286. The monoisotopic (exact) mass is 384 g/mol. The molecule has 0 aromatic heterocycles. The highest BCUT2D eigenvalue weighted by molar-refractivity contribution is 6.48. The zero-order valence-corrected chi connectivity index (χ0v) is 14.5. The highest BCUT2D eigenvalue weighted by Gasteiger charge is 2.17. The van der Waals surface area contributed by atoms with Crippen molar-refractivity contribution < 1.29 is 19.1 Å². The van der Waals surface area contributed by atoms with E-state index in [1.165, 1.54) is 6.07 Å². The number of carbonyl (C=O) groups excluding carboxylic acids is 2. The van der Waals surface area contributed by atoms with Crippen molar-refractivity contribution in [1.82, 2.24) is 0 Å². The molecule has 8 heteroatoms. The Morgan fingerprint density at radius 3 is 2.14 bits per heavy atom. The molecule has 0 atom stereocenters. The predicted octanol–water partition coefficient (Wildman–Crippen LogP) is 5.11. The first-order chi connectivity index (χ1) is 10.4. The molecule has 0 aliphatic carbocycles. The van der Waals surface area contributed by atoms with E-state index in [1.54, 1.807) is 0 Å². The first-order valence-corrected chi connectivity index (χ1v) is 7.77. The van der Waals surface area contributed by atoms with Crippen LogP contribution in [0.4, 0.5) is 0 Å². The number of halogens is 4. The number of esters is 2. The SMILES string of the molecule is CCCCOC(=O)/C=C/C(=O)Oc1c(Cl)c(Cl)cc(Cl)c1Cl. The van der Waals surface area contributed by atoms with E-state index in [1.807, 2.05) is 6.92 Å². The van der Waals surface area contributed by atoms with Gasteiger partial charge in [0, 0.05) is 12.2 Å². The van der Waals surface area contributed by atoms with Crippen LogP contribution in [0.15, 0.2) is 18.2 Å². The maximum Gasteiger partial charge on any atom is 0.336 e. The topological polar surface area (TPSA) is 52.6 Å². The van der Waals surface area contributed by atoms with E-state index in [0.717, 1.165) is 25.0 Å². The maximum atomic E-state index is 11.7. The van der Waals surface area contributed by atoms with E-state index in [2.05, 4.69) is 0 Å². The first-order valence-electron chi connectivity index (χ1n) is 6.26. The van der Waals surface area contributed by atoms with Gasteiger partial charge >= 0.3 is 11.9 Å². The van der Waals surface area contributed by atoms with E-state index in [4.69, 9.17) is 55.9 Å². The quantitative estimate of drug-likeness (QED) is 0.224. The van der Waals surface area contributed by atoms with Gasteiger partial charge in [0.2, 0.25) is 0 Å². The van der Waals surface area contributed by atoms with Crippen molar-refractivity contribution in [2.45, 2.75) is 19.8 Å². The largest absolute Gasteiger partial charge is 0.463 e. The van der Waals surface area contributed by atoms with Gasteiger partial charge in [-0.2, -0.15) is 0 Å². The standard InChI is InChI=1S/C14H12Cl4O4/c1-2-3-6-21-10(19)4-5-11(20)22-14-12(17)8(15)7-9(16)13(14)18/h4-5,7H,2-3,6H2,1H3/b5-4+. The van der Waals surface area contributed by atoms with E-state index < -0.39 is 11.9 Å².